The van der Waals surface area contributed by atoms with E-state index in [-0.39, 0.29) is 11.9 Å². The van der Waals surface area contributed by atoms with Gasteiger partial charge in [-0.3, -0.25) is 4.79 Å². The van der Waals surface area contributed by atoms with Crippen LogP contribution in [-0.2, 0) is 11.2 Å². The van der Waals surface area contributed by atoms with E-state index >= 15 is 0 Å². The van der Waals surface area contributed by atoms with Crippen LogP contribution in [0, 0.1) is 0 Å². The van der Waals surface area contributed by atoms with Crippen LogP contribution in [0.3, 0.4) is 0 Å². The highest BCUT2D eigenvalue weighted by Gasteiger charge is 2.27. The summed E-state index contributed by atoms with van der Waals surface area (Å²) in [5, 5.41) is 9.81. The van der Waals surface area contributed by atoms with Crippen molar-refractivity contribution in [1.29, 1.82) is 0 Å². The fourth-order valence-electron chi connectivity index (χ4n) is 2.27. The first-order chi connectivity index (χ1) is 8.83. The van der Waals surface area contributed by atoms with Crippen LogP contribution < -0.4 is 0 Å². The minimum atomic E-state index is 0.208. The van der Waals surface area contributed by atoms with Gasteiger partial charge in [-0.05, 0) is 17.9 Å². The number of nitrogens with zero attached hydrogens (tertiary/aromatic N) is 4. The molecule has 0 N–H and O–H groups in total. The lowest BCUT2D eigenvalue weighted by Gasteiger charge is -2.16. The zero-order valence-corrected chi connectivity index (χ0v) is 10.7. The Morgan fingerprint density at radius 1 is 1.56 bits per heavy atom. The summed E-state index contributed by atoms with van der Waals surface area (Å²) in [5.41, 5.74) is 0. The monoisotopic (exact) mass is 262 g/mol. The van der Waals surface area contributed by atoms with Gasteiger partial charge in [0.2, 0.25) is 5.91 Å². The van der Waals surface area contributed by atoms with Crippen molar-refractivity contribution in [3.63, 3.8) is 0 Å². The third kappa shape index (κ3) is 2.28. The van der Waals surface area contributed by atoms with Gasteiger partial charge in [-0.25, -0.2) is 4.68 Å². The van der Waals surface area contributed by atoms with Crippen molar-refractivity contribution in [3.05, 3.63) is 34.8 Å². The van der Waals surface area contributed by atoms with Gasteiger partial charge in [0.15, 0.2) is 0 Å². The van der Waals surface area contributed by atoms with Crippen molar-refractivity contribution in [2.75, 3.05) is 13.1 Å². The maximum Gasteiger partial charge on any atom is 0.227 e. The van der Waals surface area contributed by atoms with Crippen LogP contribution in [0.4, 0.5) is 0 Å². The molecule has 0 unspecified atom stereocenters. The Morgan fingerprint density at radius 3 is 3.22 bits per heavy atom. The summed E-state index contributed by atoms with van der Waals surface area (Å²) in [4.78, 5) is 15.2. The van der Waals surface area contributed by atoms with E-state index in [1.165, 1.54) is 0 Å². The zero-order chi connectivity index (χ0) is 12.4. The van der Waals surface area contributed by atoms with E-state index in [0.717, 1.165) is 24.4 Å². The molecule has 1 saturated heterocycles. The fraction of sp³-hybridized carbons (Fsp3) is 0.417. The molecule has 3 heterocycles. The van der Waals surface area contributed by atoms with Crippen LogP contribution in [0.5, 0.6) is 0 Å². The minimum absolute atomic E-state index is 0.208. The molecule has 0 bridgehead atoms. The van der Waals surface area contributed by atoms with E-state index in [0.29, 0.717) is 6.42 Å². The number of rotatable bonds is 3. The third-order valence-electron chi connectivity index (χ3n) is 3.24. The average Bonchev–Trinajstić information content (AvgIpc) is 3.11. The van der Waals surface area contributed by atoms with Gasteiger partial charge >= 0.3 is 0 Å². The second kappa shape index (κ2) is 4.89. The lowest BCUT2D eigenvalue weighted by Crippen LogP contribution is -2.30. The molecule has 2 aromatic rings. The average molecular weight is 262 g/mol. The van der Waals surface area contributed by atoms with E-state index in [2.05, 4.69) is 10.3 Å². The summed E-state index contributed by atoms with van der Waals surface area (Å²) < 4.78 is 1.85. The molecule has 5 nitrogen and oxygen atoms in total. The van der Waals surface area contributed by atoms with Crippen LogP contribution in [0.25, 0.3) is 0 Å². The van der Waals surface area contributed by atoms with Gasteiger partial charge in [0, 0.05) is 24.2 Å². The quantitative estimate of drug-likeness (QED) is 0.839. The SMILES string of the molecule is O=C(Cc1cccs1)N1CC[C@@H](n2ccnn2)C1. The number of carbonyl (C=O) groups excluding carboxylic acids is 1. The summed E-state index contributed by atoms with van der Waals surface area (Å²) in [5.74, 6) is 0.208. The molecule has 3 rings (SSSR count). The third-order valence-corrected chi connectivity index (χ3v) is 4.11. The summed E-state index contributed by atoms with van der Waals surface area (Å²) >= 11 is 1.63. The molecular weight excluding hydrogens is 248 g/mol. The van der Waals surface area contributed by atoms with Crippen molar-refractivity contribution >= 4 is 17.2 Å². The lowest BCUT2D eigenvalue weighted by molar-refractivity contribution is -0.129. The molecule has 0 aliphatic carbocycles. The predicted octanol–water partition coefficient (Wildman–Crippen LogP) is 1.36. The maximum absolute atomic E-state index is 12.1. The fourth-order valence-corrected chi connectivity index (χ4v) is 2.97. The number of carbonyl (C=O) groups is 1. The van der Waals surface area contributed by atoms with Crippen LogP contribution in [0.2, 0.25) is 0 Å². The molecule has 0 radical (unpaired) electrons. The number of likely N-dealkylation sites (tertiary alicyclic amines) is 1. The second-order valence-electron chi connectivity index (χ2n) is 4.42. The zero-order valence-electron chi connectivity index (χ0n) is 9.90. The highest BCUT2D eigenvalue weighted by molar-refractivity contribution is 7.10. The van der Waals surface area contributed by atoms with E-state index < -0.39 is 0 Å². The molecule has 1 fully saturated rings. The summed E-state index contributed by atoms with van der Waals surface area (Å²) in [6.45, 7) is 1.56. The predicted molar refractivity (Wildman–Crippen MR) is 68.3 cm³/mol. The number of hydrogen-bond acceptors (Lipinski definition) is 4. The molecule has 0 saturated carbocycles. The Kier molecular flexibility index (Phi) is 3.10. The van der Waals surface area contributed by atoms with E-state index in [1.807, 2.05) is 33.3 Å². The summed E-state index contributed by atoms with van der Waals surface area (Å²) in [7, 11) is 0. The van der Waals surface area contributed by atoms with Crippen molar-refractivity contribution in [2.24, 2.45) is 0 Å². The topological polar surface area (TPSA) is 51.0 Å². The van der Waals surface area contributed by atoms with Gasteiger partial charge in [-0.2, -0.15) is 0 Å². The molecule has 94 valence electrons. The largest absolute Gasteiger partial charge is 0.340 e. The number of amides is 1. The Hall–Kier alpha value is -1.69. The highest BCUT2D eigenvalue weighted by Crippen LogP contribution is 2.21. The molecule has 1 aliphatic heterocycles. The van der Waals surface area contributed by atoms with Crippen molar-refractivity contribution in [2.45, 2.75) is 18.9 Å². The van der Waals surface area contributed by atoms with Gasteiger partial charge in [-0.1, -0.05) is 11.3 Å². The lowest BCUT2D eigenvalue weighted by atomic mass is 10.3. The first-order valence-electron chi connectivity index (χ1n) is 5.99. The van der Waals surface area contributed by atoms with Crippen LogP contribution in [0.15, 0.2) is 29.9 Å². The normalized spacial score (nSPS) is 19.3. The van der Waals surface area contributed by atoms with Crippen molar-refractivity contribution < 1.29 is 4.79 Å². The molecule has 2 aromatic heterocycles. The molecule has 1 atom stereocenters. The molecule has 0 spiro atoms. The van der Waals surface area contributed by atoms with E-state index in [4.69, 9.17) is 0 Å². The van der Waals surface area contributed by atoms with Crippen LogP contribution in [-0.4, -0.2) is 38.9 Å². The summed E-state index contributed by atoms with van der Waals surface area (Å²) in [6, 6.07) is 4.27. The van der Waals surface area contributed by atoms with Gasteiger partial charge in [0.1, 0.15) is 0 Å². The standard InChI is InChI=1S/C12H14N4OS/c17-12(8-11-2-1-7-18-11)15-5-3-10(9-15)16-6-4-13-14-16/h1-2,4,6-7,10H,3,5,8-9H2/t10-/m1/s1. The molecule has 18 heavy (non-hydrogen) atoms. The smallest absolute Gasteiger partial charge is 0.227 e. The van der Waals surface area contributed by atoms with Gasteiger partial charge in [0.05, 0.1) is 18.7 Å². The highest BCUT2D eigenvalue weighted by atomic mass is 32.1. The molecule has 6 heteroatoms. The molecule has 1 amide bonds. The number of thiophene rings is 1. The Bertz CT molecular complexity index is 508. The number of aromatic nitrogens is 3. The number of hydrogen-bond donors (Lipinski definition) is 0. The van der Waals surface area contributed by atoms with Crippen molar-refractivity contribution in [3.8, 4) is 0 Å². The first kappa shape index (κ1) is 11.4. The van der Waals surface area contributed by atoms with Crippen molar-refractivity contribution in [1.82, 2.24) is 19.9 Å². The Morgan fingerprint density at radius 2 is 2.50 bits per heavy atom. The first-order valence-corrected chi connectivity index (χ1v) is 6.87. The van der Waals surface area contributed by atoms with Gasteiger partial charge < -0.3 is 4.90 Å². The van der Waals surface area contributed by atoms with Crippen LogP contribution in [0.1, 0.15) is 17.3 Å². The molecular formula is C12H14N4OS. The van der Waals surface area contributed by atoms with Gasteiger partial charge in [-0.15, -0.1) is 16.4 Å². The maximum atomic E-state index is 12.1. The Balaban J connectivity index is 1.60. The molecule has 1 aliphatic rings. The minimum Gasteiger partial charge on any atom is -0.340 e. The van der Waals surface area contributed by atoms with Crippen LogP contribution >= 0.6 is 11.3 Å². The second-order valence-corrected chi connectivity index (χ2v) is 5.45. The Labute approximate surface area is 109 Å². The van der Waals surface area contributed by atoms with Gasteiger partial charge in [0.25, 0.3) is 0 Å². The van der Waals surface area contributed by atoms with E-state index in [9.17, 15) is 4.79 Å². The molecule has 0 aromatic carbocycles. The van der Waals surface area contributed by atoms with E-state index in [1.54, 1.807) is 17.5 Å². The summed E-state index contributed by atoms with van der Waals surface area (Å²) in [6.07, 6.45) is 5.01.